The Labute approximate surface area is 132 Å². The zero-order chi connectivity index (χ0) is 14.0. The van der Waals surface area contributed by atoms with Crippen molar-refractivity contribution < 1.29 is 4.79 Å². The van der Waals surface area contributed by atoms with Gasteiger partial charge in [0.2, 0.25) is 0 Å². The molecule has 1 aromatic heterocycles. The number of nitrogens with zero attached hydrogens (tertiary/aromatic N) is 2. The lowest BCUT2D eigenvalue weighted by atomic mass is 10.1. The second kappa shape index (κ2) is 5.96. The molecule has 0 spiro atoms. The third-order valence-electron chi connectivity index (χ3n) is 2.67. The third kappa shape index (κ3) is 3.30. The molecule has 0 saturated heterocycles. The second-order valence-electron chi connectivity index (χ2n) is 3.97. The first-order chi connectivity index (χ1) is 8.99. The van der Waals surface area contributed by atoms with Crippen LogP contribution in [0.4, 0.5) is 0 Å². The number of rotatable bonds is 3. The standard InChI is InChI=1S/C13H10BrIN2O2/c1-8-16-6-11(14)13(19)17(8)7-12(18)9-2-4-10(15)5-3-9/h2-6H,7H2,1H3. The van der Waals surface area contributed by atoms with E-state index in [1.165, 1.54) is 10.8 Å². The van der Waals surface area contributed by atoms with Crippen LogP contribution in [0.25, 0.3) is 0 Å². The highest BCUT2D eigenvalue weighted by atomic mass is 127. The molecule has 0 N–H and O–H groups in total. The van der Waals surface area contributed by atoms with Crippen LogP contribution in [0.3, 0.4) is 0 Å². The van der Waals surface area contributed by atoms with Crippen molar-refractivity contribution in [3.05, 3.63) is 60.2 Å². The van der Waals surface area contributed by atoms with Crippen LogP contribution in [0.15, 0.2) is 39.7 Å². The van der Waals surface area contributed by atoms with Gasteiger partial charge in [0.1, 0.15) is 10.3 Å². The van der Waals surface area contributed by atoms with Crippen LogP contribution in [0.1, 0.15) is 16.2 Å². The number of hydrogen-bond acceptors (Lipinski definition) is 3. The maximum atomic E-state index is 12.1. The fourth-order valence-corrected chi connectivity index (χ4v) is 2.28. The molecule has 2 rings (SSSR count). The van der Waals surface area contributed by atoms with E-state index in [0.717, 1.165) is 3.57 Å². The van der Waals surface area contributed by atoms with Crippen molar-refractivity contribution in [1.82, 2.24) is 9.55 Å². The molecule has 0 aliphatic carbocycles. The summed E-state index contributed by atoms with van der Waals surface area (Å²) in [6.45, 7) is 1.70. The van der Waals surface area contributed by atoms with Crippen LogP contribution in [-0.4, -0.2) is 15.3 Å². The summed E-state index contributed by atoms with van der Waals surface area (Å²) in [6.07, 6.45) is 1.45. The van der Waals surface area contributed by atoms with Crippen LogP contribution in [0.2, 0.25) is 0 Å². The van der Waals surface area contributed by atoms with Gasteiger partial charge in [-0.05, 0) is 57.6 Å². The molecule has 0 bridgehead atoms. The highest BCUT2D eigenvalue weighted by Crippen LogP contribution is 2.09. The first-order valence-corrected chi connectivity index (χ1v) is 7.37. The van der Waals surface area contributed by atoms with Gasteiger partial charge in [0.15, 0.2) is 5.78 Å². The number of Topliss-reactive ketones (excluding diaryl/α,β-unsaturated/α-hetero) is 1. The molecule has 0 atom stereocenters. The summed E-state index contributed by atoms with van der Waals surface area (Å²) >= 11 is 5.30. The number of hydrogen-bond donors (Lipinski definition) is 0. The Kier molecular flexibility index (Phi) is 4.51. The third-order valence-corrected chi connectivity index (χ3v) is 3.94. The normalized spacial score (nSPS) is 10.5. The quantitative estimate of drug-likeness (QED) is 0.553. The summed E-state index contributed by atoms with van der Waals surface area (Å²) in [4.78, 5) is 28.1. The van der Waals surface area contributed by atoms with Crippen molar-refractivity contribution >= 4 is 44.3 Å². The van der Waals surface area contributed by atoms with Crippen LogP contribution in [-0.2, 0) is 6.54 Å². The summed E-state index contributed by atoms with van der Waals surface area (Å²) in [5.74, 6) is 0.411. The monoisotopic (exact) mass is 432 g/mol. The Bertz CT molecular complexity index is 680. The number of aryl methyl sites for hydroxylation is 1. The van der Waals surface area contributed by atoms with Crippen LogP contribution < -0.4 is 5.56 Å². The molecular weight excluding hydrogens is 423 g/mol. The van der Waals surface area contributed by atoms with Gasteiger partial charge in [-0.25, -0.2) is 4.98 Å². The lowest BCUT2D eigenvalue weighted by Gasteiger charge is -2.08. The smallest absolute Gasteiger partial charge is 0.268 e. The van der Waals surface area contributed by atoms with Gasteiger partial charge in [-0.1, -0.05) is 12.1 Å². The lowest BCUT2D eigenvalue weighted by Crippen LogP contribution is -2.27. The largest absolute Gasteiger partial charge is 0.292 e. The molecule has 1 heterocycles. The molecule has 6 heteroatoms. The fourth-order valence-electron chi connectivity index (χ4n) is 1.61. The number of benzene rings is 1. The lowest BCUT2D eigenvalue weighted by molar-refractivity contribution is 0.0969. The molecule has 0 saturated carbocycles. The molecule has 0 fully saturated rings. The Hall–Kier alpha value is -1.02. The molecule has 0 radical (unpaired) electrons. The molecule has 0 unspecified atom stereocenters. The molecule has 2 aromatic rings. The molecule has 4 nitrogen and oxygen atoms in total. The summed E-state index contributed by atoms with van der Waals surface area (Å²) in [5, 5.41) is 0. The Balaban J connectivity index is 2.32. The number of halogens is 2. The van der Waals surface area contributed by atoms with Gasteiger partial charge in [-0.15, -0.1) is 0 Å². The van der Waals surface area contributed by atoms with Gasteiger partial charge in [0.05, 0.1) is 6.54 Å². The summed E-state index contributed by atoms with van der Waals surface area (Å²) in [7, 11) is 0. The van der Waals surface area contributed by atoms with E-state index < -0.39 is 0 Å². The predicted molar refractivity (Wildman–Crippen MR) is 84.4 cm³/mol. The van der Waals surface area contributed by atoms with Gasteiger partial charge < -0.3 is 0 Å². The number of aromatic nitrogens is 2. The predicted octanol–water partition coefficient (Wildman–Crippen LogP) is 2.80. The van der Waals surface area contributed by atoms with Gasteiger partial charge in [0.25, 0.3) is 5.56 Å². The van der Waals surface area contributed by atoms with Crippen molar-refractivity contribution in [3.63, 3.8) is 0 Å². The average Bonchev–Trinajstić information content (AvgIpc) is 2.40. The maximum Gasteiger partial charge on any atom is 0.268 e. The second-order valence-corrected chi connectivity index (χ2v) is 6.07. The van der Waals surface area contributed by atoms with E-state index in [1.807, 2.05) is 12.1 Å². The van der Waals surface area contributed by atoms with Crippen LogP contribution in [0, 0.1) is 10.5 Å². The zero-order valence-electron chi connectivity index (χ0n) is 10.1. The Morgan fingerprint density at radius 2 is 2.00 bits per heavy atom. The SMILES string of the molecule is Cc1ncc(Br)c(=O)n1CC(=O)c1ccc(I)cc1. The van der Waals surface area contributed by atoms with E-state index in [-0.39, 0.29) is 17.9 Å². The minimum atomic E-state index is -0.244. The highest BCUT2D eigenvalue weighted by molar-refractivity contribution is 14.1. The highest BCUT2D eigenvalue weighted by Gasteiger charge is 2.11. The van der Waals surface area contributed by atoms with E-state index in [1.54, 1.807) is 19.1 Å². The zero-order valence-corrected chi connectivity index (χ0v) is 13.8. The van der Waals surface area contributed by atoms with Crippen LogP contribution in [0.5, 0.6) is 0 Å². The van der Waals surface area contributed by atoms with E-state index >= 15 is 0 Å². The molecule has 19 heavy (non-hydrogen) atoms. The maximum absolute atomic E-state index is 12.1. The molecule has 0 amide bonds. The summed E-state index contributed by atoms with van der Waals surface area (Å²) in [6, 6.07) is 7.25. The molecular formula is C13H10BrIN2O2. The summed E-state index contributed by atoms with van der Waals surface area (Å²) in [5.41, 5.74) is 0.345. The van der Waals surface area contributed by atoms with Crippen LogP contribution >= 0.6 is 38.5 Å². The minimum Gasteiger partial charge on any atom is -0.292 e. The van der Waals surface area contributed by atoms with E-state index in [9.17, 15) is 9.59 Å². The molecule has 1 aromatic carbocycles. The fraction of sp³-hybridized carbons (Fsp3) is 0.154. The first kappa shape index (κ1) is 14.4. The topological polar surface area (TPSA) is 52.0 Å². The average molecular weight is 433 g/mol. The van der Waals surface area contributed by atoms with Gasteiger partial charge >= 0.3 is 0 Å². The van der Waals surface area contributed by atoms with E-state index in [2.05, 4.69) is 43.5 Å². The minimum absolute atomic E-state index is 0.00228. The first-order valence-electron chi connectivity index (χ1n) is 5.50. The van der Waals surface area contributed by atoms with Crippen molar-refractivity contribution in [2.45, 2.75) is 13.5 Å². The van der Waals surface area contributed by atoms with Crippen molar-refractivity contribution in [2.24, 2.45) is 0 Å². The number of carbonyl (C=O) groups excluding carboxylic acids is 1. The molecule has 0 aliphatic heterocycles. The van der Waals surface area contributed by atoms with Gasteiger partial charge in [0, 0.05) is 15.3 Å². The van der Waals surface area contributed by atoms with Crippen molar-refractivity contribution in [3.8, 4) is 0 Å². The van der Waals surface area contributed by atoms with E-state index in [4.69, 9.17) is 0 Å². The number of carbonyl (C=O) groups is 1. The molecule has 0 aliphatic rings. The van der Waals surface area contributed by atoms with Crippen molar-refractivity contribution in [2.75, 3.05) is 0 Å². The summed E-state index contributed by atoms with van der Waals surface area (Å²) < 4.78 is 2.78. The Morgan fingerprint density at radius 3 is 2.63 bits per heavy atom. The van der Waals surface area contributed by atoms with Crippen molar-refractivity contribution in [1.29, 1.82) is 0 Å². The van der Waals surface area contributed by atoms with Gasteiger partial charge in [-0.2, -0.15) is 0 Å². The Morgan fingerprint density at radius 1 is 1.37 bits per heavy atom. The van der Waals surface area contributed by atoms with E-state index in [0.29, 0.717) is 15.9 Å². The number of ketones is 1. The van der Waals surface area contributed by atoms with Gasteiger partial charge in [-0.3, -0.25) is 14.2 Å². The molecule has 98 valence electrons.